The molecule has 0 radical (unpaired) electrons. The summed E-state index contributed by atoms with van der Waals surface area (Å²) >= 11 is 1.78. The Labute approximate surface area is 76.5 Å². The van der Waals surface area contributed by atoms with Gasteiger partial charge in [0, 0.05) is 5.75 Å². The molecule has 1 N–H and O–H groups in total. The lowest BCUT2D eigenvalue weighted by molar-refractivity contribution is -0.164. The highest BCUT2D eigenvalue weighted by atomic mass is 32.2. The molecule has 0 bridgehead atoms. The maximum absolute atomic E-state index is 11.0. The van der Waals surface area contributed by atoms with Crippen LogP contribution in [-0.2, 0) is 9.53 Å². The summed E-state index contributed by atoms with van der Waals surface area (Å²) in [5, 5.41) is 8.91. The lowest BCUT2D eigenvalue weighted by Gasteiger charge is -2.23. The van der Waals surface area contributed by atoms with Gasteiger partial charge in [-0.15, -0.1) is 0 Å². The minimum Gasteiger partial charge on any atom is -0.457 e. The predicted molar refractivity (Wildman–Crippen MR) is 48.1 cm³/mol. The summed E-state index contributed by atoms with van der Waals surface area (Å²) < 4.78 is 5.15. The first kappa shape index (κ1) is 9.86. The number of aliphatic hydroxyl groups is 1. The highest BCUT2D eigenvalue weighted by Crippen LogP contribution is 2.30. The average Bonchev–Trinajstić information content (AvgIpc) is 2.35. The van der Waals surface area contributed by atoms with Crippen LogP contribution in [0, 0.1) is 0 Å². The van der Waals surface area contributed by atoms with Crippen molar-refractivity contribution in [3.8, 4) is 0 Å². The van der Waals surface area contributed by atoms with Crippen molar-refractivity contribution >= 4 is 17.7 Å². The van der Waals surface area contributed by atoms with E-state index in [4.69, 9.17) is 9.84 Å². The van der Waals surface area contributed by atoms with E-state index in [0.29, 0.717) is 0 Å². The molecule has 3 nitrogen and oxygen atoms in total. The molecule has 0 spiro atoms. The summed E-state index contributed by atoms with van der Waals surface area (Å²) in [6.45, 7) is 3.33. The molecule has 0 aromatic heterocycles. The van der Waals surface area contributed by atoms with E-state index in [1.807, 2.05) is 6.92 Å². The van der Waals surface area contributed by atoms with Crippen LogP contribution >= 0.6 is 11.8 Å². The third-order valence-corrected chi connectivity index (χ3v) is 3.18. The minimum absolute atomic E-state index is 0.348. The molecule has 4 heteroatoms. The molecule has 0 saturated carbocycles. The van der Waals surface area contributed by atoms with Gasteiger partial charge in [0.05, 0.1) is 0 Å². The van der Waals surface area contributed by atoms with Gasteiger partial charge in [0.1, 0.15) is 11.7 Å². The predicted octanol–water partition coefficient (Wildman–Crippen LogP) is 0.806. The Morgan fingerprint density at radius 1 is 1.75 bits per heavy atom. The van der Waals surface area contributed by atoms with Gasteiger partial charge in [-0.1, -0.05) is 0 Å². The fourth-order valence-electron chi connectivity index (χ4n) is 1.06. The largest absolute Gasteiger partial charge is 0.457 e. The summed E-state index contributed by atoms with van der Waals surface area (Å²) in [5.74, 6) is 1.36. The zero-order valence-electron chi connectivity index (χ0n) is 7.37. The number of ether oxygens (including phenoxy) is 1. The Hall–Kier alpha value is -0.220. The van der Waals surface area contributed by atoms with Crippen molar-refractivity contribution in [3.63, 3.8) is 0 Å². The molecule has 1 unspecified atom stereocenters. The molecule has 1 aliphatic heterocycles. The summed E-state index contributed by atoms with van der Waals surface area (Å²) in [6, 6.07) is 0. The number of carbonyl (C=O) groups is 1. The first-order valence-electron chi connectivity index (χ1n) is 4.02. The number of thioether (sulfide) groups is 1. The van der Waals surface area contributed by atoms with E-state index >= 15 is 0 Å². The normalized spacial score (nSPS) is 31.6. The molecule has 0 aromatic rings. The van der Waals surface area contributed by atoms with Gasteiger partial charge in [-0.25, -0.2) is 4.79 Å². The van der Waals surface area contributed by atoms with Crippen molar-refractivity contribution in [2.45, 2.75) is 32.0 Å². The van der Waals surface area contributed by atoms with Crippen molar-refractivity contribution in [2.75, 3.05) is 11.5 Å². The summed E-state index contributed by atoms with van der Waals surface area (Å²) in [7, 11) is 0. The highest BCUT2D eigenvalue weighted by molar-refractivity contribution is 7.99. The van der Waals surface area contributed by atoms with Crippen LogP contribution < -0.4 is 0 Å². The van der Waals surface area contributed by atoms with Crippen molar-refractivity contribution in [1.82, 2.24) is 0 Å². The topological polar surface area (TPSA) is 46.5 Å². The van der Waals surface area contributed by atoms with Crippen LogP contribution in [0.25, 0.3) is 0 Å². The average molecular weight is 190 g/mol. The maximum Gasteiger partial charge on any atom is 0.335 e. The number of aliphatic hydroxyl groups excluding tert-OH is 1. The Balaban J connectivity index is 2.44. The zero-order valence-corrected chi connectivity index (χ0v) is 8.19. The van der Waals surface area contributed by atoms with Crippen LogP contribution in [0.2, 0.25) is 0 Å². The summed E-state index contributed by atoms with van der Waals surface area (Å²) in [5.41, 5.74) is -0.348. The van der Waals surface area contributed by atoms with Gasteiger partial charge in [-0.2, -0.15) is 11.8 Å². The maximum atomic E-state index is 11.0. The van der Waals surface area contributed by atoms with Crippen LogP contribution in [0.15, 0.2) is 0 Å². The van der Waals surface area contributed by atoms with Crippen LogP contribution in [0.4, 0.5) is 0 Å². The van der Waals surface area contributed by atoms with Crippen LogP contribution in [0.3, 0.4) is 0 Å². The van der Waals surface area contributed by atoms with Crippen molar-refractivity contribution in [3.05, 3.63) is 0 Å². The van der Waals surface area contributed by atoms with Crippen molar-refractivity contribution in [2.24, 2.45) is 0 Å². The van der Waals surface area contributed by atoms with Crippen LogP contribution in [0.1, 0.15) is 20.3 Å². The third kappa shape index (κ3) is 2.38. The van der Waals surface area contributed by atoms with E-state index < -0.39 is 12.1 Å². The number of hydrogen-bond acceptors (Lipinski definition) is 4. The second-order valence-electron chi connectivity index (χ2n) is 3.35. The van der Waals surface area contributed by atoms with E-state index in [1.165, 1.54) is 6.92 Å². The summed E-state index contributed by atoms with van der Waals surface area (Å²) in [6.07, 6.45) is -0.122. The molecule has 1 rings (SSSR count). The second-order valence-corrected chi connectivity index (χ2v) is 4.45. The Bertz CT molecular complexity index is 173. The van der Waals surface area contributed by atoms with E-state index in [2.05, 4.69) is 0 Å². The Morgan fingerprint density at radius 2 is 2.42 bits per heavy atom. The number of rotatable bonds is 2. The quantitative estimate of drug-likeness (QED) is 0.654. The molecular formula is C8H14O3S. The minimum atomic E-state index is -1.01. The van der Waals surface area contributed by atoms with Gasteiger partial charge in [0.2, 0.25) is 0 Å². The molecule has 1 saturated heterocycles. The fourth-order valence-corrected chi connectivity index (χ4v) is 2.41. The highest BCUT2D eigenvalue weighted by Gasteiger charge is 2.34. The molecule has 12 heavy (non-hydrogen) atoms. The fraction of sp³-hybridized carbons (Fsp3) is 0.875. The molecule has 1 aliphatic rings. The lowest BCUT2D eigenvalue weighted by atomic mass is 10.1. The van der Waals surface area contributed by atoms with E-state index in [0.717, 1.165) is 17.9 Å². The molecule has 0 aromatic carbocycles. The number of hydrogen-bond donors (Lipinski definition) is 1. The number of carbonyl (C=O) groups excluding carboxylic acids is 1. The van der Waals surface area contributed by atoms with Gasteiger partial charge in [0.25, 0.3) is 0 Å². The zero-order chi connectivity index (χ0) is 9.19. The second kappa shape index (κ2) is 3.66. The van der Waals surface area contributed by atoms with Gasteiger partial charge in [-0.3, -0.25) is 0 Å². The molecular weight excluding hydrogens is 176 g/mol. The van der Waals surface area contributed by atoms with Crippen molar-refractivity contribution < 1.29 is 14.6 Å². The van der Waals surface area contributed by atoms with E-state index in [-0.39, 0.29) is 5.60 Å². The molecule has 70 valence electrons. The molecule has 1 fully saturated rings. The van der Waals surface area contributed by atoms with E-state index in [9.17, 15) is 4.79 Å². The van der Waals surface area contributed by atoms with Crippen molar-refractivity contribution in [1.29, 1.82) is 0 Å². The van der Waals surface area contributed by atoms with Gasteiger partial charge >= 0.3 is 5.97 Å². The van der Waals surface area contributed by atoms with Gasteiger partial charge in [-0.05, 0) is 26.0 Å². The summed E-state index contributed by atoms with van der Waals surface area (Å²) in [4.78, 5) is 11.0. The first-order valence-corrected chi connectivity index (χ1v) is 5.18. The molecule has 0 amide bonds. The standard InChI is InChI=1S/C8H14O3S/c1-6(9)7(10)11-8(2)3-4-12-5-8/h6,9H,3-5H2,1-2H3/t6-,8?/m0/s1. The number of esters is 1. The third-order valence-electron chi connectivity index (χ3n) is 1.87. The monoisotopic (exact) mass is 190 g/mol. The Kier molecular flexibility index (Phi) is 3.01. The first-order chi connectivity index (χ1) is 5.53. The molecule has 0 aliphatic carbocycles. The Morgan fingerprint density at radius 3 is 2.83 bits per heavy atom. The van der Waals surface area contributed by atoms with Gasteiger partial charge in [0.15, 0.2) is 0 Å². The van der Waals surface area contributed by atoms with E-state index in [1.54, 1.807) is 11.8 Å². The smallest absolute Gasteiger partial charge is 0.335 e. The molecule has 2 atom stereocenters. The van der Waals surface area contributed by atoms with Crippen LogP contribution in [0.5, 0.6) is 0 Å². The molecule has 1 heterocycles. The lowest BCUT2D eigenvalue weighted by Crippen LogP contribution is -2.35. The van der Waals surface area contributed by atoms with Gasteiger partial charge < -0.3 is 9.84 Å². The van der Waals surface area contributed by atoms with Crippen LogP contribution in [-0.4, -0.2) is 34.3 Å². The SMILES string of the molecule is C[C@H](O)C(=O)OC1(C)CCSC1.